The predicted octanol–water partition coefficient (Wildman–Crippen LogP) is 3.28. The van der Waals surface area contributed by atoms with Crippen LogP contribution in [-0.2, 0) is 4.79 Å². The third kappa shape index (κ3) is 3.72. The summed E-state index contributed by atoms with van der Waals surface area (Å²) in [7, 11) is 0. The van der Waals surface area contributed by atoms with E-state index >= 15 is 0 Å². The number of thioether (sulfide) groups is 1. The summed E-state index contributed by atoms with van der Waals surface area (Å²) in [6.45, 7) is 0. The molecule has 0 radical (unpaired) electrons. The molecule has 20 heavy (non-hydrogen) atoms. The summed E-state index contributed by atoms with van der Waals surface area (Å²) >= 11 is 3.49. The third-order valence-corrected chi connectivity index (χ3v) is 4.34. The summed E-state index contributed by atoms with van der Waals surface area (Å²) in [5.41, 5.74) is 0.792. The Bertz CT molecular complexity index is 610. The van der Waals surface area contributed by atoms with E-state index in [4.69, 9.17) is 4.42 Å². The summed E-state index contributed by atoms with van der Waals surface area (Å²) in [5, 5.41) is 11.2. The zero-order valence-electron chi connectivity index (χ0n) is 10.5. The Kier molecular flexibility index (Phi) is 4.25. The maximum absolute atomic E-state index is 11.8. The average molecular weight is 401 g/mol. The van der Waals surface area contributed by atoms with E-state index in [1.807, 2.05) is 24.3 Å². The number of amides is 1. The smallest absolute Gasteiger partial charge is 0.277 e. The minimum Gasteiger partial charge on any atom is -0.416 e. The van der Waals surface area contributed by atoms with Gasteiger partial charge in [-0.15, -0.1) is 10.2 Å². The van der Waals surface area contributed by atoms with Crippen LogP contribution in [0.25, 0.3) is 0 Å². The van der Waals surface area contributed by atoms with Gasteiger partial charge in [0.05, 0.1) is 5.75 Å². The predicted molar refractivity (Wildman–Crippen MR) is 84.8 cm³/mol. The number of hydrogen-bond acceptors (Lipinski definition) is 5. The zero-order valence-corrected chi connectivity index (χ0v) is 13.5. The standard InChI is InChI=1S/C13H12IN3O2S/c14-9-3-5-10(6-4-9)15-11(18)7-20-13-17-16-12(19-13)8-1-2-8/h3-6,8H,1-2,7H2,(H,15,18). The second-order valence-corrected chi connectivity index (χ2v) is 6.70. The fourth-order valence-electron chi connectivity index (χ4n) is 1.63. The van der Waals surface area contributed by atoms with E-state index in [0.717, 1.165) is 22.1 Å². The highest BCUT2D eigenvalue weighted by molar-refractivity contribution is 14.1. The first-order chi connectivity index (χ1) is 9.70. The molecule has 0 unspecified atom stereocenters. The van der Waals surface area contributed by atoms with Gasteiger partial charge in [0.25, 0.3) is 5.22 Å². The number of nitrogens with one attached hydrogen (secondary N) is 1. The molecule has 1 amide bonds. The van der Waals surface area contributed by atoms with Gasteiger partial charge in [-0.1, -0.05) is 11.8 Å². The van der Waals surface area contributed by atoms with Crippen LogP contribution in [0.5, 0.6) is 0 Å². The van der Waals surface area contributed by atoms with E-state index in [0.29, 0.717) is 17.0 Å². The number of rotatable bonds is 5. The molecule has 104 valence electrons. The zero-order chi connectivity index (χ0) is 13.9. The highest BCUT2D eigenvalue weighted by Crippen LogP contribution is 2.39. The van der Waals surface area contributed by atoms with Crippen molar-refractivity contribution in [3.63, 3.8) is 0 Å². The maximum atomic E-state index is 11.8. The number of nitrogens with zero attached hydrogens (tertiary/aromatic N) is 2. The van der Waals surface area contributed by atoms with Crippen LogP contribution in [0.3, 0.4) is 0 Å². The second kappa shape index (κ2) is 6.13. The van der Waals surface area contributed by atoms with Gasteiger partial charge < -0.3 is 9.73 Å². The summed E-state index contributed by atoms with van der Waals surface area (Å²) < 4.78 is 6.62. The molecule has 1 aromatic heterocycles. The minimum absolute atomic E-state index is 0.0811. The molecular weight excluding hydrogens is 389 g/mol. The number of hydrogen-bond donors (Lipinski definition) is 1. The van der Waals surface area contributed by atoms with Crippen molar-refractivity contribution in [1.82, 2.24) is 10.2 Å². The molecule has 1 aliphatic rings. The Balaban J connectivity index is 1.49. The van der Waals surface area contributed by atoms with Crippen LogP contribution in [0.15, 0.2) is 33.9 Å². The first-order valence-corrected chi connectivity index (χ1v) is 8.29. The van der Waals surface area contributed by atoms with Crippen molar-refractivity contribution in [3.05, 3.63) is 33.7 Å². The van der Waals surface area contributed by atoms with Gasteiger partial charge in [0.2, 0.25) is 11.8 Å². The van der Waals surface area contributed by atoms with Gasteiger partial charge in [-0.25, -0.2) is 0 Å². The Hall–Kier alpha value is -1.09. The molecule has 3 rings (SSSR count). The number of halogens is 1. The molecule has 2 aromatic rings. The lowest BCUT2D eigenvalue weighted by Gasteiger charge is -2.03. The van der Waals surface area contributed by atoms with Crippen molar-refractivity contribution in [2.75, 3.05) is 11.1 Å². The molecule has 1 saturated carbocycles. The van der Waals surface area contributed by atoms with Gasteiger partial charge in [0, 0.05) is 15.2 Å². The molecule has 1 fully saturated rings. The Morgan fingerprint density at radius 2 is 2.10 bits per heavy atom. The van der Waals surface area contributed by atoms with Gasteiger partial charge in [-0.05, 0) is 59.7 Å². The molecule has 0 saturated heterocycles. The first kappa shape index (κ1) is 13.9. The number of benzene rings is 1. The van der Waals surface area contributed by atoms with E-state index in [1.54, 1.807) is 0 Å². The van der Waals surface area contributed by atoms with E-state index in [-0.39, 0.29) is 11.7 Å². The number of carbonyl (C=O) groups is 1. The van der Waals surface area contributed by atoms with Crippen molar-refractivity contribution in [3.8, 4) is 0 Å². The SMILES string of the molecule is O=C(CSc1nnc(C2CC2)o1)Nc1ccc(I)cc1. The topological polar surface area (TPSA) is 68.0 Å². The van der Waals surface area contributed by atoms with E-state index in [2.05, 4.69) is 38.1 Å². The molecule has 1 N–H and O–H groups in total. The van der Waals surface area contributed by atoms with Gasteiger partial charge >= 0.3 is 0 Å². The van der Waals surface area contributed by atoms with Crippen molar-refractivity contribution in [2.24, 2.45) is 0 Å². The van der Waals surface area contributed by atoms with Crippen molar-refractivity contribution in [2.45, 2.75) is 24.0 Å². The summed E-state index contributed by atoms with van der Waals surface area (Å²) in [5.74, 6) is 1.32. The molecule has 1 heterocycles. The van der Waals surface area contributed by atoms with E-state index < -0.39 is 0 Å². The largest absolute Gasteiger partial charge is 0.416 e. The number of anilines is 1. The fraction of sp³-hybridized carbons (Fsp3) is 0.308. The van der Waals surface area contributed by atoms with Crippen LogP contribution < -0.4 is 5.32 Å². The third-order valence-electron chi connectivity index (χ3n) is 2.80. The van der Waals surface area contributed by atoms with Gasteiger partial charge in [0.15, 0.2) is 0 Å². The average Bonchev–Trinajstić information content (AvgIpc) is 3.18. The Morgan fingerprint density at radius 1 is 1.35 bits per heavy atom. The van der Waals surface area contributed by atoms with Crippen LogP contribution >= 0.6 is 34.4 Å². The quantitative estimate of drug-likeness (QED) is 0.615. The summed E-state index contributed by atoms with van der Waals surface area (Å²) in [4.78, 5) is 11.8. The highest BCUT2D eigenvalue weighted by Gasteiger charge is 2.29. The summed E-state index contributed by atoms with van der Waals surface area (Å²) in [6, 6.07) is 7.65. The van der Waals surface area contributed by atoms with Gasteiger partial charge in [-0.2, -0.15) is 0 Å². The van der Waals surface area contributed by atoms with Crippen LogP contribution in [0, 0.1) is 3.57 Å². The fourth-order valence-corrected chi connectivity index (χ4v) is 2.56. The van der Waals surface area contributed by atoms with Crippen LogP contribution in [0.1, 0.15) is 24.7 Å². The molecule has 0 atom stereocenters. The monoisotopic (exact) mass is 401 g/mol. The molecule has 0 bridgehead atoms. The van der Waals surface area contributed by atoms with Gasteiger partial charge in [0.1, 0.15) is 0 Å². The number of carbonyl (C=O) groups excluding carboxylic acids is 1. The van der Waals surface area contributed by atoms with Gasteiger partial charge in [-0.3, -0.25) is 4.79 Å². The minimum atomic E-state index is -0.0811. The lowest BCUT2D eigenvalue weighted by atomic mass is 10.3. The molecule has 5 nitrogen and oxygen atoms in total. The maximum Gasteiger partial charge on any atom is 0.277 e. The van der Waals surface area contributed by atoms with E-state index in [9.17, 15) is 4.79 Å². The molecule has 0 aliphatic heterocycles. The van der Waals surface area contributed by atoms with Crippen LogP contribution in [0.4, 0.5) is 5.69 Å². The van der Waals surface area contributed by atoms with E-state index in [1.165, 1.54) is 11.8 Å². The first-order valence-electron chi connectivity index (χ1n) is 6.22. The molecular formula is C13H12IN3O2S. The highest BCUT2D eigenvalue weighted by atomic mass is 127. The summed E-state index contributed by atoms with van der Waals surface area (Å²) in [6.07, 6.45) is 2.25. The lowest BCUT2D eigenvalue weighted by molar-refractivity contribution is -0.113. The van der Waals surface area contributed by atoms with Crippen molar-refractivity contribution >= 4 is 45.9 Å². The number of aromatic nitrogens is 2. The van der Waals surface area contributed by atoms with Crippen LogP contribution in [0.2, 0.25) is 0 Å². The van der Waals surface area contributed by atoms with Crippen molar-refractivity contribution in [1.29, 1.82) is 0 Å². The Labute approximate surface area is 134 Å². The molecule has 0 spiro atoms. The molecule has 1 aromatic carbocycles. The molecule has 1 aliphatic carbocycles. The second-order valence-electron chi connectivity index (χ2n) is 4.52. The lowest BCUT2D eigenvalue weighted by Crippen LogP contribution is -2.13. The van der Waals surface area contributed by atoms with Crippen LogP contribution in [-0.4, -0.2) is 21.9 Å². The Morgan fingerprint density at radius 3 is 2.80 bits per heavy atom. The molecule has 7 heteroatoms. The van der Waals surface area contributed by atoms with Crippen molar-refractivity contribution < 1.29 is 9.21 Å². The normalized spacial score (nSPS) is 14.2.